The number of piperazine rings is 1. The van der Waals surface area contributed by atoms with Crippen molar-refractivity contribution in [2.75, 3.05) is 38.2 Å². The lowest BCUT2D eigenvalue weighted by atomic mass is 10.1. The highest BCUT2D eigenvalue weighted by molar-refractivity contribution is 7.89. The van der Waals surface area contributed by atoms with Gasteiger partial charge in [0.25, 0.3) is 0 Å². The van der Waals surface area contributed by atoms with Crippen LogP contribution in [0.25, 0.3) is 11.3 Å². The van der Waals surface area contributed by atoms with E-state index >= 15 is 0 Å². The quantitative estimate of drug-likeness (QED) is 0.587. The third-order valence-corrected chi connectivity index (χ3v) is 8.01. The number of ether oxygens (including phenoxy) is 1. The van der Waals surface area contributed by atoms with Gasteiger partial charge in [-0.1, -0.05) is 0 Å². The molecule has 1 aliphatic heterocycles. The molecule has 0 N–H and O–H groups in total. The van der Waals surface area contributed by atoms with Crippen LogP contribution in [-0.4, -0.2) is 61.2 Å². The topological polar surface area (TPSA) is 88.5 Å². The molecular weight excluding hydrogens is 426 g/mol. The Labute approximate surface area is 188 Å². The number of sulfonamides is 1. The summed E-state index contributed by atoms with van der Waals surface area (Å²) in [5, 5.41) is 8.68. The normalized spacial score (nSPS) is 15.1. The van der Waals surface area contributed by atoms with Gasteiger partial charge in [0.1, 0.15) is 5.75 Å². The average molecular weight is 454 g/mol. The molecule has 4 rings (SSSR count). The molecule has 0 bridgehead atoms. The van der Waals surface area contributed by atoms with Crippen LogP contribution in [-0.2, 0) is 10.0 Å². The van der Waals surface area contributed by atoms with E-state index in [1.807, 2.05) is 45.0 Å². The van der Waals surface area contributed by atoms with E-state index in [0.29, 0.717) is 31.1 Å². The summed E-state index contributed by atoms with van der Waals surface area (Å²) in [6, 6.07) is 9.34. The molecule has 0 atom stereocenters. The van der Waals surface area contributed by atoms with Crippen molar-refractivity contribution < 1.29 is 13.2 Å². The minimum atomic E-state index is -3.60. The van der Waals surface area contributed by atoms with Crippen molar-refractivity contribution in [2.24, 2.45) is 0 Å². The molecule has 9 heteroatoms. The van der Waals surface area contributed by atoms with Gasteiger partial charge in [-0.3, -0.25) is 4.98 Å². The van der Waals surface area contributed by atoms with Gasteiger partial charge in [-0.25, -0.2) is 8.42 Å². The molecule has 0 saturated carbocycles. The van der Waals surface area contributed by atoms with Crippen LogP contribution in [0.15, 0.2) is 47.6 Å². The largest absolute Gasteiger partial charge is 0.496 e. The lowest BCUT2D eigenvalue weighted by Gasteiger charge is -2.34. The zero-order valence-corrected chi connectivity index (χ0v) is 19.6. The summed E-state index contributed by atoms with van der Waals surface area (Å²) in [6.45, 7) is 7.48. The number of aromatic nitrogens is 3. The van der Waals surface area contributed by atoms with Gasteiger partial charge >= 0.3 is 0 Å². The molecule has 0 unspecified atom stereocenters. The maximum absolute atomic E-state index is 13.4. The lowest BCUT2D eigenvalue weighted by molar-refractivity contribution is 0.382. The third kappa shape index (κ3) is 4.05. The molecule has 1 aromatic carbocycles. The van der Waals surface area contributed by atoms with E-state index in [0.717, 1.165) is 39.5 Å². The second-order valence-electron chi connectivity index (χ2n) is 7.88. The smallest absolute Gasteiger partial charge is 0.243 e. The maximum atomic E-state index is 13.4. The van der Waals surface area contributed by atoms with Gasteiger partial charge in [0, 0.05) is 44.1 Å². The molecule has 32 heavy (non-hydrogen) atoms. The van der Waals surface area contributed by atoms with Gasteiger partial charge in [-0.05, 0) is 67.8 Å². The van der Waals surface area contributed by atoms with Crippen molar-refractivity contribution in [1.82, 2.24) is 19.5 Å². The minimum absolute atomic E-state index is 0.350. The number of nitrogens with zero attached hydrogens (tertiary/aromatic N) is 5. The number of pyridine rings is 1. The van der Waals surface area contributed by atoms with Crippen LogP contribution in [0.4, 0.5) is 5.82 Å². The molecule has 1 saturated heterocycles. The fourth-order valence-electron chi connectivity index (χ4n) is 4.07. The molecule has 0 aliphatic carbocycles. The Morgan fingerprint density at radius 3 is 2.19 bits per heavy atom. The number of methoxy groups -OCH3 is 1. The fraction of sp³-hybridized carbons (Fsp3) is 0.348. The van der Waals surface area contributed by atoms with Crippen molar-refractivity contribution >= 4 is 15.8 Å². The van der Waals surface area contributed by atoms with Gasteiger partial charge in [0.15, 0.2) is 5.82 Å². The first-order valence-electron chi connectivity index (χ1n) is 10.5. The van der Waals surface area contributed by atoms with Gasteiger partial charge in [0.2, 0.25) is 10.0 Å². The van der Waals surface area contributed by atoms with E-state index in [9.17, 15) is 8.42 Å². The summed E-state index contributed by atoms with van der Waals surface area (Å²) in [7, 11) is -2.00. The van der Waals surface area contributed by atoms with Crippen molar-refractivity contribution in [3.63, 3.8) is 0 Å². The Balaban J connectivity index is 1.49. The Kier molecular flexibility index (Phi) is 6.12. The predicted molar refractivity (Wildman–Crippen MR) is 123 cm³/mol. The van der Waals surface area contributed by atoms with Crippen LogP contribution >= 0.6 is 0 Å². The molecule has 0 amide bonds. The summed E-state index contributed by atoms with van der Waals surface area (Å²) in [5.41, 5.74) is 4.13. The molecule has 1 aliphatic rings. The van der Waals surface area contributed by atoms with E-state index in [-0.39, 0.29) is 0 Å². The molecule has 0 spiro atoms. The molecule has 3 aromatic rings. The summed E-state index contributed by atoms with van der Waals surface area (Å²) in [4.78, 5) is 6.43. The predicted octanol–water partition coefficient (Wildman–Crippen LogP) is 2.98. The number of rotatable bonds is 5. The zero-order valence-electron chi connectivity index (χ0n) is 18.7. The van der Waals surface area contributed by atoms with E-state index in [4.69, 9.17) is 4.74 Å². The Morgan fingerprint density at radius 1 is 0.906 bits per heavy atom. The van der Waals surface area contributed by atoms with Crippen LogP contribution < -0.4 is 9.64 Å². The molecule has 3 heterocycles. The second kappa shape index (κ2) is 8.84. The van der Waals surface area contributed by atoms with Crippen LogP contribution in [0.1, 0.15) is 16.7 Å². The van der Waals surface area contributed by atoms with Crippen LogP contribution in [0.5, 0.6) is 5.75 Å². The van der Waals surface area contributed by atoms with Crippen LogP contribution in [0.3, 0.4) is 0 Å². The van der Waals surface area contributed by atoms with E-state index in [1.165, 1.54) is 0 Å². The first-order chi connectivity index (χ1) is 15.3. The molecule has 2 aromatic heterocycles. The Hall–Kier alpha value is -3.04. The standard InChI is InChI=1S/C23H27N5O3S/c1-16-15-21(17(2)18(3)23(16)31-4)32(29,30)28-13-11-27(12-14-28)22-6-5-20(25-26-22)19-7-9-24-10-8-19/h5-10,15H,11-14H2,1-4H3. The Bertz CT molecular complexity index is 1210. The number of hydrogen-bond acceptors (Lipinski definition) is 7. The zero-order chi connectivity index (χ0) is 22.9. The third-order valence-electron chi connectivity index (χ3n) is 5.99. The Morgan fingerprint density at radius 2 is 1.59 bits per heavy atom. The van der Waals surface area contributed by atoms with Gasteiger partial charge in [-0.2, -0.15) is 4.31 Å². The van der Waals surface area contributed by atoms with E-state index in [2.05, 4.69) is 20.1 Å². The summed E-state index contributed by atoms with van der Waals surface area (Å²) in [5.74, 6) is 1.48. The first kappa shape index (κ1) is 22.2. The average Bonchev–Trinajstić information content (AvgIpc) is 2.82. The van der Waals surface area contributed by atoms with Gasteiger partial charge in [0.05, 0.1) is 17.7 Å². The fourth-order valence-corrected chi connectivity index (χ4v) is 5.86. The maximum Gasteiger partial charge on any atom is 0.243 e. The van der Waals surface area contributed by atoms with Crippen molar-refractivity contribution in [1.29, 1.82) is 0 Å². The summed E-state index contributed by atoms with van der Waals surface area (Å²) < 4.78 is 33.8. The highest BCUT2D eigenvalue weighted by Gasteiger charge is 2.31. The minimum Gasteiger partial charge on any atom is -0.496 e. The number of aryl methyl sites for hydroxylation is 1. The van der Waals surface area contributed by atoms with E-state index in [1.54, 1.807) is 29.9 Å². The second-order valence-corrected chi connectivity index (χ2v) is 9.79. The number of benzene rings is 1. The lowest BCUT2D eigenvalue weighted by Crippen LogP contribution is -2.49. The van der Waals surface area contributed by atoms with Gasteiger partial charge in [-0.15, -0.1) is 10.2 Å². The van der Waals surface area contributed by atoms with Crippen LogP contribution in [0, 0.1) is 20.8 Å². The van der Waals surface area contributed by atoms with Gasteiger partial charge < -0.3 is 9.64 Å². The molecule has 8 nitrogen and oxygen atoms in total. The number of hydrogen-bond donors (Lipinski definition) is 0. The van der Waals surface area contributed by atoms with Crippen molar-refractivity contribution in [2.45, 2.75) is 25.7 Å². The highest BCUT2D eigenvalue weighted by Crippen LogP contribution is 2.32. The number of anilines is 1. The summed E-state index contributed by atoms with van der Waals surface area (Å²) in [6.07, 6.45) is 3.44. The molecule has 168 valence electrons. The molecule has 0 radical (unpaired) electrons. The molecular formula is C23H27N5O3S. The highest BCUT2D eigenvalue weighted by atomic mass is 32.2. The summed E-state index contributed by atoms with van der Waals surface area (Å²) >= 11 is 0. The van der Waals surface area contributed by atoms with E-state index < -0.39 is 10.0 Å². The van der Waals surface area contributed by atoms with Crippen LogP contribution in [0.2, 0.25) is 0 Å². The monoisotopic (exact) mass is 453 g/mol. The first-order valence-corrected chi connectivity index (χ1v) is 11.9. The van der Waals surface area contributed by atoms with Crippen molar-refractivity contribution in [3.8, 4) is 17.0 Å². The molecule has 1 fully saturated rings. The van der Waals surface area contributed by atoms with Crippen molar-refractivity contribution in [3.05, 3.63) is 59.4 Å². The SMILES string of the molecule is COc1c(C)cc(S(=O)(=O)N2CCN(c3ccc(-c4ccncc4)nn3)CC2)c(C)c1C.